The minimum atomic E-state index is 0.614. The zero-order chi connectivity index (χ0) is 13.1. The van der Waals surface area contributed by atoms with Crippen LogP contribution in [-0.4, -0.2) is 19.2 Å². The van der Waals surface area contributed by atoms with E-state index in [1.165, 1.54) is 37.7 Å². The second-order valence-corrected chi connectivity index (χ2v) is 6.28. The minimum Gasteiger partial charge on any atom is -0.492 e. The summed E-state index contributed by atoms with van der Waals surface area (Å²) >= 11 is 6.31. The summed E-state index contributed by atoms with van der Waals surface area (Å²) in [5, 5.41) is 4.33. The first-order chi connectivity index (χ1) is 9.31. The molecule has 1 aromatic rings. The lowest BCUT2D eigenvalue weighted by atomic mass is 9.98. The molecule has 1 heterocycles. The topological polar surface area (TPSA) is 21.3 Å². The first kappa shape index (κ1) is 13.3. The SMILES string of the molecule is Clc1cc(CC2CCCCN2)ccc1OCC1CC1. The molecule has 1 saturated heterocycles. The lowest BCUT2D eigenvalue weighted by Gasteiger charge is -2.23. The Kier molecular flexibility index (Phi) is 4.29. The van der Waals surface area contributed by atoms with Crippen LogP contribution >= 0.6 is 11.6 Å². The van der Waals surface area contributed by atoms with Gasteiger partial charge in [-0.3, -0.25) is 0 Å². The molecule has 1 aliphatic heterocycles. The summed E-state index contributed by atoms with van der Waals surface area (Å²) in [6.07, 6.45) is 7.62. The van der Waals surface area contributed by atoms with Crippen LogP contribution in [0.1, 0.15) is 37.7 Å². The van der Waals surface area contributed by atoms with Crippen LogP contribution in [-0.2, 0) is 6.42 Å². The van der Waals surface area contributed by atoms with E-state index in [9.17, 15) is 0 Å². The van der Waals surface area contributed by atoms with Gasteiger partial charge in [-0.1, -0.05) is 24.1 Å². The smallest absolute Gasteiger partial charge is 0.137 e. The largest absolute Gasteiger partial charge is 0.492 e. The third-order valence-electron chi connectivity index (χ3n) is 4.06. The quantitative estimate of drug-likeness (QED) is 0.885. The molecule has 1 N–H and O–H groups in total. The van der Waals surface area contributed by atoms with E-state index in [1.807, 2.05) is 6.07 Å². The van der Waals surface area contributed by atoms with Crippen LogP contribution in [0.2, 0.25) is 5.02 Å². The molecule has 2 nitrogen and oxygen atoms in total. The molecule has 0 amide bonds. The fourth-order valence-corrected chi connectivity index (χ4v) is 2.92. The van der Waals surface area contributed by atoms with Crippen molar-refractivity contribution in [2.45, 2.75) is 44.6 Å². The van der Waals surface area contributed by atoms with Gasteiger partial charge in [-0.25, -0.2) is 0 Å². The molecule has 3 rings (SSSR count). The monoisotopic (exact) mass is 279 g/mol. The summed E-state index contributed by atoms with van der Waals surface area (Å²) < 4.78 is 5.76. The maximum atomic E-state index is 6.31. The van der Waals surface area contributed by atoms with Crippen LogP contribution in [0, 0.1) is 5.92 Å². The second-order valence-electron chi connectivity index (χ2n) is 5.87. The molecule has 2 fully saturated rings. The maximum absolute atomic E-state index is 6.31. The fraction of sp³-hybridized carbons (Fsp3) is 0.625. The van der Waals surface area contributed by atoms with Crippen molar-refractivity contribution in [3.05, 3.63) is 28.8 Å². The van der Waals surface area contributed by atoms with Gasteiger partial charge in [0.05, 0.1) is 11.6 Å². The molecule has 0 bridgehead atoms. The molecule has 1 aromatic carbocycles. The zero-order valence-corrected chi connectivity index (χ0v) is 12.1. The van der Waals surface area contributed by atoms with Gasteiger partial charge in [0.25, 0.3) is 0 Å². The Labute approximate surface area is 120 Å². The number of hydrogen-bond donors (Lipinski definition) is 1. The molecule has 3 heteroatoms. The molecule has 0 spiro atoms. The van der Waals surface area contributed by atoms with Crippen LogP contribution in [0.25, 0.3) is 0 Å². The summed E-state index contributed by atoms with van der Waals surface area (Å²) in [6, 6.07) is 6.87. The van der Waals surface area contributed by atoms with Crippen molar-refractivity contribution in [3.8, 4) is 5.75 Å². The zero-order valence-electron chi connectivity index (χ0n) is 11.3. The van der Waals surface area contributed by atoms with Gasteiger partial charge in [0, 0.05) is 6.04 Å². The Bertz CT molecular complexity index is 425. The molecular formula is C16H22ClNO. The van der Waals surface area contributed by atoms with Crippen molar-refractivity contribution >= 4 is 11.6 Å². The number of nitrogens with one attached hydrogen (secondary N) is 1. The molecule has 104 valence electrons. The first-order valence-corrected chi connectivity index (χ1v) is 7.83. The number of piperidine rings is 1. The predicted octanol–water partition coefficient (Wildman–Crippen LogP) is 3.81. The Morgan fingerprint density at radius 1 is 1.21 bits per heavy atom. The lowest BCUT2D eigenvalue weighted by molar-refractivity contribution is 0.300. The maximum Gasteiger partial charge on any atom is 0.137 e. The fourth-order valence-electron chi connectivity index (χ4n) is 2.66. The van der Waals surface area contributed by atoms with Crippen molar-refractivity contribution in [1.82, 2.24) is 5.32 Å². The van der Waals surface area contributed by atoms with Gasteiger partial charge < -0.3 is 10.1 Å². The van der Waals surface area contributed by atoms with Gasteiger partial charge >= 0.3 is 0 Å². The Balaban J connectivity index is 1.57. The molecule has 1 atom stereocenters. The number of rotatable bonds is 5. The second kappa shape index (κ2) is 6.15. The minimum absolute atomic E-state index is 0.614. The highest BCUT2D eigenvalue weighted by atomic mass is 35.5. The van der Waals surface area contributed by atoms with Gasteiger partial charge in [0.2, 0.25) is 0 Å². The molecule has 1 unspecified atom stereocenters. The Hall–Kier alpha value is -0.730. The van der Waals surface area contributed by atoms with Crippen LogP contribution in [0.15, 0.2) is 18.2 Å². The summed E-state index contributed by atoms with van der Waals surface area (Å²) in [4.78, 5) is 0. The molecule has 0 aromatic heterocycles. The van der Waals surface area contributed by atoms with E-state index < -0.39 is 0 Å². The predicted molar refractivity (Wildman–Crippen MR) is 79.0 cm³/mol. The molecular weight excluding hydrogens is 258 g/mol. The number of hydrogen-bond acceptors (Lipinski definition) is 2. The normalized spacial score (nSPS) is 23.3. The number of halogens is 1. The van der Waals surface area contributed by atoms with E-state index in [2.05, 4.69) is 17.4 Å². The van der Waals surface area contributed by atoms with Crippen molar-refractivity contribution in [1.29, 1.82) is 0 Å². The van der Waals surface area contributed by atoms with Crippen LogP contribution in [0.3, 0.4) is 0 Å². The standard InChI is InChI=1S/C16H22ClNO/c17-15-10-13(9-14-3-1-2-8-18-14)6-7-16(15)19-11-12-4-5-12/h6-7,10,12,14,18H,1-5,8-9,11H2. The highest BCUT2D eigenvalue weighted by Gasteiger charge is 2.22. The van der Waals surface area contributed by atoms with E-state index in [-0.39, 0.29) is 0 Å². The van der Waals surface area contributed by atoms with Crippen molar-refractivity contribution in [2.75, 3.05) is 13.2 Å². The molecule has 0 radical (unpaired) electrons. The van der Waals surface area contributed by atoms with E-state index in [0.717, 1.165) is 36.3 Å². The summed E-state index contributed by atoms with van der Waals surface area (Å²) in [6.45, 7) is 1.98. The van der Waals surface area contributed by atoms with Crippen LogP contribution in [0.5, 0.6) is 5.75 Å². The van der Waals surface area contributed by atoms with Crippen molar-refractivity contribution in [2.24, 2.45) is 5.92 Å². The van der Waals surface area contributed by atoms with Gasteiger partial charge in [0.15, 0.2) is 0 Å². The molecule has 2 aliphatic rings. The van der Waals surface area contributed by atoms with Gasteiger partial charge in [0.1, 0.15) is 5.75 Å². The number of ether oxygens (including phenoxy) is 1. The highest BCUT2D eigenvalue weighted by molar-refractivity contribution is 6.32. The van der Waals surface area contributed by atoms with E-state index in [1.54, 1.807) is 0 Å². The van der Waals surface area contributed by atoms with Crippen LogP contribution < -0.4 is 10.1 Å². The third-order valence-corrected chi connectivity index (χ3v) is 4.36. The number of benzene rings is 1. The van der Waals surface area contributed by atoms with Crippen LogP contribution in [0.4, 0.5) is 0 Å². The summed E-state index contributed by atoms with van der Waals surface area (Å²) in [5.41, 5.74) is 1.31. The summed E-state index contributed by atoms with van der Waals surface area (Å²) in [7, 11) is 0. The van der Waals surface area contributed by atoms with E-state index >= 15 is 0 Å². The third kappa shape index (κ3) is 3.87. The van der Waals surface area contributed by atoms with Gasteiger partial charge in [-0.05, 0) is 62.3 Å². The van der Waals surface area contributed by atoms with E-state index in [4.69, 9.17) is 16.3 Å². The molecule has 1 saturated carbocycles. The van der Waals surface area contributed by atoms with Gasteiger partial charge in [-0.2, -0.15) is 0 Å². The van der Waals surface area contributed by atoms with Gasteiger partial charge in [-0.15, -0.1) is 0 Å². The van der Waals surface area contributed by atoms with Crippen molar-refractivity contribution < 1.29 is 4.74 Å². The van der Waals surface area contributed by atoms with Crippen molar-refractivity contribution in [3.63, 3.8) is 0 Å². The molecule has 19 heavy (non-hydrogen) atoms. The first-order valence-electron chi connectivity index (χ1n) is 7.46. The average Bonchev–Trinajstić information content (AvgIpc) is 3.23. The Morgan fingerprint density at radius 3 is 2.79 bits per heavy atom. The highest BCUT2D eigenvalue weighted by Crippen LogP contribution is 2.32. The average molecular weight is 280 g/mol. The lowest BCUT2D eigenvalue weighted by Crippen LogP contribution is -2.35. The Morgan fingerprint density at radius 2 is 2.11 bits per heavy atom. The summed E-state index contributed by atoms with van der Waals surface area (Å²) in [5.74, 6) is 1.61. The molecule has 1 aliphatic carbocycles. The van der Waals surface area contributed by atoms with E-state index in [0.29, 0.717) is 6.04 Å².